The lowest BCUT2D eigenvalue weighted by atomic mass is 10.1. The normalized spacial score (nSPS) is 10.7. The molecule has 0 bridgehead atoms. The Balaban J connectivity index is 1.82. The van der Waals surface area contributed by atoms with Gasteiger partial charge in [0.15, 0.2) is 5.76 Å². The van der Waals surface area contributed by atoms with Crippen molar-refractivity contribution in [3.8, 4) is 11.3 Å². The van der Waals surface area contributed by atoms with Crippen molar-refractivity contribution in [3.05, 3.63) is 60.1 Å². The van der Waals surface area contributed by atoms with Gasteiger partial charge in [0, 0.05) is 17.8 Å². The number of hydrogen-bond donors (Lipinski definition) is 0. The van der Waals surface area contributed by atoms with Gasteiger partial charge in [-0.25, -0.2) is 0 Å². The molecule has 0 aliphatic heterocycles. The third-order valence-electron chi connectivity index (χ3n) is 2.71. The Kier molecular flexibility index (Phi) is 2.68. The Hall–Kier alpha value is -2.36. The molecule has 4 heteroatoms. The van der Waals surface area contributed by atoms with Gasteiger partial charge in [-0.05, 0) is 12.5 Å². The second-order valence-corrected chi connectivity index (χ2v) is 4.26. The molecule has 0 atom stereocenters. The van der Waals surface area contributed by atoms with Crippen LogP contribution in [0.25, 0.3) is 11.3 Å². The molecule has 0 aliphatic carbocycles. The predicted molar refractivity (Wildman–Crippen MR) is 68.0 cm³/mol. The molecule has 0 spiro atoms. The smallest absolute Gasteiger partial charge is 0.158 e. The van der Waals surface area contributed by atoms with E-state index < -0.39 is 0 Å². The van der Waals surface area contributed by atoms with Crippen molar-refractivity contribution in [2.24, 2.45) is 0 Å². The van der Waals surface area contributed by atoms with Crippen LogP contribution >= 0.6 is 0 Å². The summed E-state index contributed by atoms with van der Waals surface area (Å²) in [7, 11) is 0. The first kappa shape index (κ1) is 10.8. The zero-order chi connectivity index (χ0) is 12.4. The maximum absolute atomic E-state index is 5.32. The molecule has 3 aromatic rings. The van der Waals surface area contributed by atoms with Gasteiger partial charge in [-0.1, -0.05) is 35.5 Å². The quantitative estimate of drug-likeness (QED) is 0.705. The SMILES string of the molecule is Cc1cnn(Cc2cc(-c3ccccc3)no2)c1. The summed E-state index contributed by atoms with van der Waals surface area (Å²) in [5, 5.41) is 8.30. The average Bonchev–Trinajstić information content (AvgIpc) is 3.01. The Bertz CT molecular complexity index is 640. The molecule has 2 heterocycles. The molecular weight excluding hydrogens is 226 g/mol. The lowest BCUT2D eigenvalue weighted by Crippen LogP contribution is -1.98. The van der Waals surface area contributed by atoms with Crippen molar-refractivity contribution in [2.75, 3.05) is 0 Å². The van der Waals surface area contributed by atoms with Crippen LogP contribution in [0.2, 0.25) is 0 Å². The fourth-order valence-corrected chi connectivity index (χ4v) is 1.85. The van der Waals surface area contributed by atoms with E-state index in [0.717, 1.165) is 22.6 Å². The summed E-state index contributed by atoms with van der Waals surface area (Å²) in [5.41, 5.74) is 3.05. The average molecular weight is 239 g/mol. The van der Waals surface area contributed by atoms with Gasteiger partial charge < -0.3 is 4.52 Å². The van der Waals surface area contributed by atoms with Crippen molar-refractivity contribution in [3.63, 3.8) is 0 Å². The zero-order valence-electron chi connectivity index (χ0n) is 10.1. The van der Waals surface area contributed by atoms with Crippen molar-refractivity contribution >= 4 is 0 Å². The van der Waals surface area contributed by atoms with Gasteiger partial charge >= 0.3 is 0 Å². The van der Waals surface area contributed by atoms with Crippen LogP contribution in [0.5, 0.6) is 0 Å². The molecule has 0 saturated heterocycles. The largest absolute Gasteiger partial charge is 0.359 e. The Morgan fingerprint density at radius 3 is 2.78 bits per heavy atom. The topological polar surface area (TPSA) is 43.9 Å². The summed E-state index contributed by atoms with van der Waals surface area (Å²) in [6.45, 7) is 2.62. The molecule has 2 aromatic heterocycles. The van der Waals surface area contributed by atoms with Crippen LogP contribution < -0.4 is 0 Å². The van der Waals surface area contributed by atoms with E-state index in [4.69, 9.17) is 4.52 Å². The van der Waals surface area contributed by atoms with E-state index in [2.05, 4.69) is 10.3 Å². The lowest BCUT2D eigenvalue weighted by molar-refractivity contribution is 0.373. The summed E-state index contributed by atoms with van der Waals surface area (Å²) in [6, 6.07) is 11.9. The number of aryl methyl sites for hydroxylation is 1. The molecule has 90 valence electrons. The van der Waals surface area contributed by atoms with E-state index in [1.807, 2.05) is 60.4 Å². The van der Waals surface area contributed by atoms with E-state index in [9.17, 15) is 0 Å². The number of rotatable bonds is 3. The molecule has 0 aliphatic rings. The second-order valence-electron chi connectivity index (χ2n) is 4.26. The number of aromatic nitrogens is 3. The van der Waals surface area contributed by atoms with Gasteiger partial charge in [-0.15, -0.1) is 0 Å². The van der Waals surface area contributed by atoms with E-state index >= 15 is 0 Å². The third kappa shape index (κ3) is 2.18. The predicted octanol–water partition coefficient (Wildman–Crippen LogP) is 2.89. The molecule has 0 N–H and O–H groups in total. The van der Waals surface area contributed by atoms with Crippen molar-refractivity contribution in [1.29, 1.82) is 0 Å². The Morgan fingerprint density at radius 2 is 2.06 bits per heavy atom. The maximum Gasteiger partial charge on any atom is 0.158 e. The first-order valence-corrected chi connectivity index (χ1v) is 5.81. The van der Waals surface area contributed by atoms with Crippen LogP contribution in [0.1, 0.15) is 11.3 Å². The monoisotopic (exact) mass is 239 g/mol. The molecular formula is C14H13N3O. The van der Waals surface area contributed by atoms with Gasteiger partial charge in [-0.3, -0.25) is 4.68 Å². The van der Waals surface area contributed by atoms with Crippen LogP contribution in [0.4, 0.5) is 0 Å². The van der Waals surface area contributed by atoms with E-state index in [-0.39, 0.29) is 0 Å². The number of nitrogens with zero attached hydrogens (tertiary/aromatic N) is 3. The molecule has 0 saturated carbocycles. The molecule has 3 rings (SSSR count). The fourth-order valence-electron chi connectivity index (χ4n) is 1.85. The van der Waals surface area contributed by atoms with Crippen LogP contribution in [0, 0.1) is 6.92 Å². The van der Waals surface area contributed by atoms with Gasteiger partial charge in [0.1, 0.15) is 12.2 Å². The minimum Gasteiger partial charge on any atom is -0.359 e. The molecule has 1 aromatic carbocycles. The lowest BCUT2D eigenvalue weighted by Gasteiger charge is -1.94. The van der Waals surface area contributed by atoms with Crippen LogP contribution in [0.15, 0.2) is 53.3 Å². The van der Waals surface area contributed by atoms with E-state index in [1.165, 1.54) is 0 Å². The minimum absolute atomic E-state index is 0.605. The van der Waals surface area contributed by atoms with Crippen LogP contribution in [-0.4, -0.2) is 14.9 Å². The highest BCUT2D eigenvalue weighted by Gasteiger charge is 2.07. The molecule has 0 radical (unpaired) electrons. The van der Waals surface area contributed by atoms with E-state index in [0.29, 0.717) is 6.54 Å². The summed E-state index contributed by atoms with van der Waals surface area (Å²) in [6.07, 6.45) is 3.80. The Labute approximate surface area is 105 Å². The first-order valence-electron chi connectivity index (χ1n) is 5.81. The molecule has 0 unspecified atom stereocenters. The van der Waals surface area contributed by atoms with E-state index in [1.54, 1.807) is 0 Å². The summed E-state index contributed by atoms with van der Waals surface area (Å²) in [4.78, 5) is 0. The van der Waals surface area contributed by atoms with Crippen molar-refractivity contribution in [2.45, 2.75) is 13.5 Å². The summed E-state index contributed by atoms with van der Waals surface area (Å²) < 4.78 is 7.16. The highest BCUT2D eigenvalue weighted by atomic mass is 16.5. The highest BCUT2D eigenvalue weighted by molar-refractivity contribution is 5.58. The first-order chi connectivity index (χ1) is 8.81. The standard InChI is InChI=1S/C14H13N3O/c1-11-8-15-17(9-11)10-13-7-14(16-18-13)12-5-3-2-4-6-12/h2-9H,10H2,1H3. The van der Waals surface area contributed by atoms with Crippen molar-refractivity contribution < 1.29 is 4.52 Å². The van der Waals surface area contributed by atoms with Gasteiger partial charge in [-0.2, -0.15) is 5.10 Å². The van der Waals surface area contributed by atoms with Crippen LogP contribution in [0.3, 0.4) is 0 Å². The molecule has 4 nitrogen and oxygen atoms in total. The second kappa shape index (κ2) is 4.49. The summed E-state index contributed by atoms with van der Waals surface area (Å²) in [5.74, 6) is 0.803. The maximum atomic E-state index is 5.32. The molecule has 18 heavy (non-hydrogen) atoms. The Morgan fingerprint density at radius 1 is 1.22 bits per heavy atom. The van der Waals surface area contributed by atoms with Gasteiger partial charge in [0.05, 0.1) is 6.20 Å². The van der Waals surface area contributed by atoms with Crippen LogP contribution in [-0.2, 0) is 6.54 Å². The minimum atomic E-state index is 0.605. The number of hydrogen-bond acceptors (Lipinski definition) is 3. The third-order valence-corrected chi connectivity index (χ3v) is 2.71. The highest BCUT2D eigenvalue weighted by Crippen LogP contribution is 2.18. The molecule has 0 fully saturated rings. The van der Waals surface area contributed by atoms with Gasteiger partial charge in [0.25, 0.3) is 0 Å². The zero-order valence-corrected chi connectivity index (χ0v) is 10.1. The number of benzene rings is 1. The van der Waals surface area contributed by atoms with Gasteiger partial charge in [0.2, 0.25) is 0 Å². The fraction of sp³-hybridized carbons (Fsp3) is 0.143. The van der Waals surface area contributed by atoms with Crippen molar-refractivity contribution in [1.82, 2.24) is 14.9 Å². The molecule has 0 amide bonds. The summed E-state index contributed by atoms with van der Waals surface area (Å²) >= 11 is 0.